The van der Waals surface area contributed by atoms with Crippen molar-refractivity contribution in [2.45, 2.75) is 37.1 Å². The van der Waals surface area contributed by atoms with E-state index < -0.39 is 30.1 Å². The first-order chi connectivity index (χ1) is 13.2. The van der Waals surface area contributed by atoms with Crippen LogP contribution in [-0.2, 0) is 4.74 Å². The molecule has 0 amide bonds. The van der Waals surface area contributed by atoms with Gasteiger partial charge in [-0.3, -0.25) is 0 Å². The lowest BCUT2D eigenvalue weighted by atomic mass is 9.88. The van der Waals surface area contributed by atoms with Crippen molar-refractivity contribution in [1.82, 2.24) is 14.5 Å². The van der Waals surface area contributed by atoms with Crippen LogP contribution in [0.15, 0.2) is 36.8 Å². The van der Waals surface area contributed by atoms with Crippen LogP contribution in [0.1, 0.15) is 24.8 Å². The highest BCUT2D eigenvalue weighted by molar-refractivity contribution is 6.42. The first-order valence-corrected chi connectivity index (χ1v) is 9.23. The Balaban J connectivity index is 1.71. The summed E-state index contributed by atoms with van der Waals surface area (Å²) in [6.07, 6.45) is -1.80. The normalized spacial score (nSPS) is 28.7. The molecule has 8 nitrogen and oxygen atoms in total. The van der Waals surface area contributed by atoms with Crippen LogP contribution >= 0.6 is 23.2 Å². The Kier molecular flexibility index (Phi) is 4.73. The van der Waals surface area contributed by atoms with Gasteiger partial charge in [-0.1, -0.05) is 29.3 Å². The number of aromatic nitrogens is 3. The van der Waals surface area contributed by atoms with E-state index in [4.69, 9.17) is 33.7 Å². The summed E-state index contributed by atoms with van der Waals surface area (Å²) >= 11 is 12.0. The largest absolute Gasteiger partial charge is 0.386 e. The Morgan fingerprint density at radius 2 is 2.00 bits per heavy atom. The number of nitrogens with zero attached hydrogens (tertiary/aromatic N) is 3. The first kappa shape index (κ1) is 19.4. The Morgan fingerprint density at radius 1 is 1.25 bits per heavy atom. The summed E-state index contributed by atoms with van der Waals surface area (Å²) in [6, 6.07) is 6.31. The fourth-order valence-electron chi connectivity index (χ4n) is 3.50. The number of benzene rings is 1. The molecule has 0 aliphatic carbocycles. The van der Waals surface area contributed by atoms with Crippen molar-refractivity contribution in [2.24, 2.45) is 0 Å². The molecule has 0 saturated carbocycles. The lowest BCUT2D eigenvalue weighted by Gasteiger charge is -2.29. The summed E-state index contributed by atoms with van der Waals surface area (Å²) in [6.45, 7) is 1.40. The second-order valence-electron chi connectivity index (χ2n) is 6.96. The SMILES string of the molecule is C[C@@]1(O)[C@@H]([C@@H](O)c2ccc(Cl)c(Cl)c2)O[C@@H](n2ccc3c(N)ncnc32)[C@@H]1O. The predicted molar refractivity (Wildman–Crippen MR) is 104 cm³/mol. The molecule has 1 aliphatic rings. The number of nitrogen functional groups attached to an aromatic ring is 1. The van der Waals surface area contributed by atoms with E-state index in [0.717, 1.165) is 0 Å². The molecule has 4 rings (SSSR count). The third-order valence-corrected chi connectivity index (χ3v) is 5.86. The van der Waals surface area contributed by atoms with Crippen LogP contribution in [0.5, 0.6) is 0 Å². The highest BCUT2D eigenvalue weighted by Gasteiger charge is 2.55. The zero-order valence-electron chi connectivity index (χ0n) is 14.7. The van der Waals surface area contributed by atoms with Gasteiger partial charge in [0.2, 0.25) is 0 Å². The van der Waals surface area contributed by atoms with E-state index in [2.05, 4.69) is 9.97 Å². The molecular weight excluding hydrogens is 407 g/mol. The van der Waals surface area contributed by atoms with Gasteiger partial charge in [0.05, 0.1) is 15.4 Å². The lowest BCUT2D eigenvalue weighted by molar-refractivity contribution is -0.115. The number of anilines is 1. The number of hydrogen-bond donors (Lipinski definition) is 4. The summed E-state index contributed by atoms with van der Waals surface area (Å²) in [7, 11) is 0. The van der Waals surface area contributed by atoms with Crippen LogP contribution in [0.2, 0.25) is 10.0 Å². The van der Waals surface area contributed by atoms with Crippen molar-refractivity contribution < 1.29 is 20.1 Å². The third-order valence-electron chi connectivity index (χ3n) is 5.12. The highest BCUT2D eigenvalue weighted by Crippen LogP contribution is 2.44. The van der Waals surface area contributed by atoms with Gasteiger partial charge >= 0.3 is 0 Å². The molecule has 0 radical (unpaired) electrons. The van der Waals surface area contributed by atoms with Gasteiger partial charge < -0.3 is 30.4 Å². The summed E-state index contributed by atoms with van der Waals surface area (Å²) in [5, 5.41) is 33.7. The standard InChI is InChI=1S/C18H18Cl2N4O4/c1-18(27)13(26)17(24-5-4-9-15(21)22-7-23-16(9)24)28-14(18)12(25)8-2-3-10(19)11(20)6-8/h2-7,12-14,17,25-27H,1H3,(H2,21,22,23)/t12-,13-,14+,17+,18-/m0/s1. The van der Waals surface area contributed by atoms with Crippen LogP contribution in [0.25, 0.3) is 11.0 Å². The lowest BCUT2D eigenvalue weighted by Crippen LogP contribution is -2.47. The molecule has 0 unspecified atom stereocenters. The zero-order valence-corrected chi connectivity index (χ0v) is 16.2. The first-order valence-electron chi connectivity index (χ1n) is 8.47. The molecule has 10 heteroatoms. The minimum atomic E-state index is -1.76. The molecule has 1 aromatic carbocycles. The molecule has 3 heterocycles. The van der Waals surface area contributed by atoms with Crippen molar-refractivity contribution in [1.29, 1.82) is 0 Å². The van der Waals surface area contributed by atoms with Gasteiger partial charge in [-0.05, 0) is 30.7 Å². The van der Waals surface area contributed by atoms with Gasteiger partial charge in [0.1, 0.15) is 41.7 Å². The van der Waals surface area contributed by atoms with Crippen molar-refractivity contribution in [2.75, 3.05) is 5.73 Å². The van der Waals surface area contributed by atoms with Crippen LogP contribution in [0.3, 0.4) is 0 Å². The second-order valence-corrected chi connectivity index (χ2v) is 7.77. The molecule has 5 N–H and O–H groups in total. The molecule has 2 aromatic heterocycles. The fourth-order valence-corrected chi connectivity index (χ4v) is 3.80. The smallest absolute Gasteiger partial charge is 0.164 e. The molecule has 28 heavy (non-hydrogen) atoms. The number of aliphatic hydroxyl groups excluding tert-OH is 2. The van der Waals surface area contributed by atoms with E-state index in [1.807, 2.05) is 0 Å². The molecule has 0 bridgehead atoms. The number of aliphatic hydroxyl groups is 3. The maximum atomic E-state index is 10.9. The van der Waals surface area contributed by atoms with Crippen molar-refractivity contribution in [3.8, 4) is 0 Å². The van der Waals surface area contributed by atoms with Gasteiger partial charge in [-0.15, -0.1) is 0 Å². The number of nitrogens with two attached hydrogens (primary N) is 1. The molecule has 1 fully saturated rings. The summed E-state index contributed by atoms with van der Waals surface area (Å²) in [5.74, 6) is 0.287. The van der Waals surface area contributed by atoms with E-state index >= 15 is 0 Å². The highest BCUT2D eigenvalue weighted by atomic mass is 35.5. The van der Waals surface area contributed by atoms with Gasteiger partial charge in [0.15, 0.2) is 6.23 Å². The zero-order chi connectivity index (χ0) is 20.2. The molecule has 1 saturated heterocycles. The Bertz CT molecular complexity index is 1040. The van der Waals surface area contributed by atoms with Gasteiger partial charge in [-0.2, -0.15) is 0 Å². The second kappa shape index (κ2) is 6.84. The number of hydrogen-bond acceptors (Lipinski definition) is 7. The fraction of sp³-hybridized carbons (Fsp3) is 0.333. The van der Waals surface area contributed by atoms with E-state index in [9.17, 15) is 15.3 Å². The maximum absolute atomic E-state index is 10.9. The quantitative estimate of drug-likeness (QED) is 0.506. The molecule has 0 spiro atoms. The van der Waals surface area contributed by atoms with E-state index in [1.54, 1.807) is 29.0 Å². The number of fused-ring (bicyclic) bond motifs is 1. The molecule has 1 aliphatic heterocycles. The summed E-state index contributed by atoms with van der Waals surface area (Å²) in [5.41, 5.74) is 4.94. The number of ether oxygens (including phenoxy) is 1. The van der Waals surface area contributed by atoms with E-state index in [0.29, 0.717) is 21.6 Å². The summed E-state index contributed by atoms with van der Waals surface area (Å²) < 4.78 is 7.45. The van der Waals surface area contributed by atoms with Crippen LogP contribution in [0.4, 0.5) is 5.82 Å². The third kappa shape index (κ3) is 2.93. The minimum absolute atomic E-state index is 0.261. The maximum Gasteiger partial charge on any atom is 0.164 e. The molecule has 5 atom stereocenters. The van der Waals surface area contributed by atoms with Crippen LogP contribution in [0, 0.1) is 0 Å². The average Bonchev–Trinajstić information content (AvgIpc) is 3.17. The van der Waals surface area contributed by atoms with Crippen LogP contribution < -0.4 is 5.73 Å². The van der Waals surface area contributed by atoms with Crippen molar-refractivity contribution in [3.05, 3.63) is 52.4 Å². The number of halogens is 2. The topological polar surface area (TPSA) is 127 Å². The van der Waals surface area contributed by atoms with Crippen LogP contribution in [-0.4, -0.2) is 47.7 Å². The Morgan fingerprint density at radius 3 is 2.71 bits per heavy atom. The molecule has 148 valence electrons. The Hall–Kier alpha value is -1.94. The molecule has 3 aromatic rings. The van der Waals surface area contributed by atoms with Gasteiger partial charge in [0, 0.05) is 6.20 Å². The van der Waals surface area contributed by atoms with Crippen molar-refractivity contribution >= 4 is 40.1 Å². The average molecular weight is 425 g/mol. The van der Waals surface area contributed by atoms with Crippen molar-refractivity contribution in [3.63, 3.8) is 0 Å². The van der Waals surface area contributed by atoms with E-state index in [-0.39, 0.29) is 10.8 Å². The minimum Gasteiger partial charge on any atom is -0.386 e. The van der Waals surface area contributed by atoms with E-state index in [1.165, 1.54) is 19.3 Å². The summed E-state index contributed by atoms with van der Waals surface area (Å²) in [4.78, 5) is 8.11. The monoisotopic (exact) mass is 424 g/mol. The Labute approximate surface area is 170 Å². The van der Waals surface area contributed by atoms with Gasteiger partial charge in [0.25, 0.3) is 0 Å². The van der Waals surface area contributed by atoms with Gasteiger partial charge in [-0.25, -0.2) is 9.97 Å². The predicted octanol–water partition coefficient (Wildman–Crippen LogP) is 2.06. The molecular formula is C18H18Cl2N4O4. The number of rotatable bonds is 3.